The number of halogens is 1. The van der Waals surface area contributed by atoms with E-state index in [1.807, 2.05) is 0 Å². The van der Waals surface area contributed by atoms with E-state index >= 15 is 0 Å². The number of fused-ring (bicyclic) bond motifs is 1. The lowest BCUT2D eigenvalue weighted by molar-refractivity contribution is 0.273. The van der Waals surface area contributed by atoms with Gasteiger partial charge in [-0.3, -0.25) is 0 Å². The van der Waals surface area contributed by atoms with Crippen LogP contribution in [0.3, 0.4) is 0 Å². The normalized spacial score (nSPS) is 11.0. The van der Waals surface area contributed by atoms with Crippen molar-refractivity contribution in [2.24, 2.45) is 7.05 Å². The van der Waals surface area contributed by atoms with Gasteiger partial charge in [0, 0.05) is 18.1 Å². The molecule has 68 valence electrons. The maximum absolute atomic E-state index is 12.7. The first-order valence-corrected chi connectivity index (χ1v) is 3.93. The Morgan fingerprint density at radius 2 is 2.31 bits per heavy atom. The summed E-state index contributed by atoms with van der Waals surface area (Å²) in [5.74, 6) is -0.359. The molecule has 1 N–H and O–H groups in total. The summed E-state index contributed by atoms with van der Waals surface area (Å²) in [4.78, 5) is 3.93. The van der Waals surface area contributed by atoms with Crippen LogP contribution < -0.4 is 0 Å². The van der Waals surface area contributed by atoms with Gasteiger partial charge in [0.1, 0.15) is 11.5 Å². The molecule has 2 aromatic rings. The van der Waals surface area contributed by atoms with Crippen molar-refractivity contribution in [3.8, 4) is 0 Å². The van der Waals surface area contributed by atoms with Crippen LogP contribution in [0.5, 0.6) is 0 Å². The molecule has 2 rings (SSSR count). The predicted molar refractivity (Wildman–Crippen MR) is 46.6 cm³/mol. The lowest BCUT2D eigenvalue weighted by Crippen LogP contribution is -1.96. The van der Waals surface area contributed by atoms with Gasteiger partial charge in [-0.1, -0.05) is 0 Å². The highest BCUT2D eigenvalue weighted by atomic mass is 19.1. The third-order valence-corrected chi connectivity index (χ3v) is 2.09. The molecule has 13 heavy (non-hydrogen) atoms. The van der Waals surface area contributed by atoms with Gasteiger partial charge in [-0.2, -0.15) is 0 Å². The van der Waals surface area contributed by atoms with E-state index < -0.39 is 0 Å². The Kier molecular flexibility index (Phi) is 1.77. The second-order valence-corrected chi connectivity index (χ2v) is 2.92. The molecule has 0 saturated heterocycles. The number of aromatic nitrogens is 2. The molecule has 0 aliphatic carbocycles. The van der Waals surface area contributed by atoms with Crippen molar-refractivity contribution >= 4 is 11.0 Å². The van der Waals surface area contributed by atoms with Crippen LogP contribution in [0.4, 0.5) is 4.39 Å². The molecule has 0 unspecified atom stereocenters. The number of hydrogen-bond acceptors (Lipinski definition) is 2. The Bertz CT molecular complexity index is 450. The molecule has 0 amide bonds. The largest absolute Gasteiger partial charge is 0.390 e. The molecule has 0 aromatic carbocycles. The quantitative estimate of drug-likeness (QED) is 0.716. The van der Waals surface area contributed by atoms with E-state index in [1.165, 1.54) is 12.3 Å². The summed E-state index contributed by atoms with van der Waals surface area (Å²) in [5, 5.41) is 9.66. The van der Waals surface area contributed by atoms with Gasteiger partial charge in [0.15, 0.2) is 0 Å². The molecule has 0 aliphatic rings. The number of hydrogen-bond donors (Lipinski definition) is 1. The van der Waals surface area contributed by atoms with Crippen LogP contribution in [0.15, 0.2) is 18.3 Å². The van der Waals surface area contributed by atoms with Crippen molar-refractivity contribution in [1.29, 1.82) is 0 Å². The molecule has 0 spiro atoms. The Labute approximate surface area is 74.4 Å². The van der Waals surface area contributed by atoms with Crippen LogP contribution in [0.1, 0.15) is 5.69 Å². The fraction of sp³-hybridized carbons (Fsp3) is 0.222. The number of rotatable bonds is 1. The molecule has 0 radical (unpaired) electrons. The van der Waals surface area contributed by atoms with E-state index in [1.54, 1.807) is 17.7 Å². The zero-order chi connectivity index (χ0) is 9.42. The maximum atomic E-state index is 12.7. The number of nitrogens with zero attached hydrogens (tertiary/aromatic N) is 2. The third kappa shape index (κ3) is 1.19. The SMILES string of the molecule is Cn1c(CO)cc2cc(F)cnc21. The molecule has 0 atom stereocenters. The van der Waals surface area contributed by atoms with Crippen molar-refractivity contribution in [2.45, 2.75) is 6.61 Å². The van der Waals surface area contributed by atoms with Crippen LogP contribution in [-0.4, -0.2) is 14.7 Å². The van der Waals surface area contributed by atoms with Crippen molar-refractivity contribution < 1.29 is 9.50 Å². The molecule has 0 aliphatic heterocycles. The molecule has 0 bridgehead atoms. The molecule has 4 heteroatoms. The maximum Gasteiger partial charge on any atom is 0.142 e. The number of aryl methyl sites for hydroxylation is 1. The fourth-order valence-corrected chi connectivity index (χ4v) is 1.40. The molecular weight excluding hydrogens is 171 g/mol. The smallest absolute Gasteiger partial charge is 0.142 e. The first kappa shape index (κ1) is 8.19. The van der Waals surface area contributed by atoms with E-state index in [2.05, 4.69) is 4.98 Å². The minimum Gasteiger partial charge on any atom is -0.390 e. The summed E-state index contributed by atoms with van der Waals surface area (Å²) in [6, 6.07) is 3.13. The van der Waals surface area contributed by atoms with Crippen LogP contribution in [0, 0.1) is 5.82 Å². The fourth-order valence-electron chi connectivity index (χ4n) is 1.40. The second kappa shape index (κ2) is 2.81. The highest BCUT2D eigenvalue weighted by molar-refractivity contribution is 5.77. The van der Waals surface area contributed by atoms with Gasteiger partial charge in [-0.15, -0.1) is 0 Å². The molecular formula is C9H9FN2O. The van der Waals surface area contributed by atoms with Crippen molar-refractivity contribution in [1.82, 2.24) is 9.55 Å². The number of pyridine rings is 1. The van der Waals surface area contributed by atoms with Gasteiger partial charge in [-0.05, 0) is 12.1 Å². The van der Waals surface area contributed by atoms with E-state index in [0.29, 0.717) is 11.0 Å². The van der Waals surface area contributed by atoms with Crippen LogP contribution >= 0.6 is 0 Å². The minimum absolute atomic E-state index is 0.0610. The van der Waals surface area contributed by atoms with Crippen LogP contribution in [0.25, 0.3) is 11.0 Å². The minimum atomic E-state index is -0.359. The van der Waals surface area contributed by atoms with Crippen LogP contribution in [-0.2, 0) is 13.7 Å². The van der Waals surface area contributed by atoms with Crippen LogP contribution in [0.2, 0.25) is 0 Å². The summed E-state index contributed by atoms with van der Waals surface area (Å²) >= 11 is 0. The van der Waals surface area contributed by atoms with E-state index in [-0.39, 0.29) is 12.4 Å². The third-order valence-electron chi connectivity index (χ3n) is 2.09. The second-order valence-electron chi connectivity index (χ2n) is 2.92. The van der Waals surface area contributed by atoms with E-state index in [9.17, 15) is 4.39 Å². The summed E-state index contributed by atoms with van der Waals surface area (Å²) < 4.78 is 14.5. The Morgan fingerprint density at radius 1 is 1.54 bits per heavy atom. The van der Waals surface area contributed by atoms with Gasteiger partial charge in [0.25, 0.3) is 0 Å². The average Bonchev–Trinajstić information content (AvgIpc) is 2.42. The first-order valence-electron chi connectivity index (χ1n) is 3.93. The Balaban J connectivity index is 2.76. The highest BCUT2D eigenvalue weighted by Crippen LogP contribution is 2.17. The topological polar surface area (TPSA) is 38.0 Å². The highest BCUT2D eigenvalue weighted by Gasteiger charge is 2.05. The van der Waals surface area contributed by atoms with E-state index in [4.69, 9.17) is 5.11 Å². The number of aliphatic hydroxyl groups excluding tert-OH is 1. The average molecular weight is 180 g/mol. The Morgan fingerprint density at radius 3 is 3.00 bits per heavy atom. The molecule has 2 heterocycles. The molecule has 0 saturated carbocycles. The van der Waals surface area contributed by atoms with Crippen molar-refractivity contribution in [2.75, 3.05) is 0 Å². The standard InChI is InChI=1S/C9H9FN2O/c1-12-8(5-13)3-6-2-7(10)4-11-9(6)12/h2-4,13H,5H2,1H3. The van der Waals surface area contributed by atoms with Gasteiger partial charge >= 0.3 is 0 Å². The van der Waals surface area contributed by atoms with Gasteiger partial charge in [0.2, 0.25) is 0 Å². The van der Waals surface area contributed by atoms with Gasteiger partial charge in [0.05, 0.1) is 12.8 Å². The zero-order valence-corrected chi connectivity index (χ0v) is 7.16. The Hall–Kier alpha value is -1.42. The van der Waals surface area contributed by atoms with Crippen molar-refractivity contribution in [3.63, 3.8) is 0 Å². The first-order chi connectivity index (χ1) is 6.22. The van der Waals surface area contributed by atoms with E-state index in [0.717, 1.165) is 5.69 Å². The van der Waals surface area contributed by atoms with Crippen molar-refractivity contribution in [3.05, 3.63) is 29.8 Å². The number of aliphatic hydroxyl groups is 1. The lowest BCUT2D eigenvalue weighted by atomic mass is 10.3. The zero-order valence-electron chi connectivity index (χ0n) is 7.16. The summed E-state index contributed by atoms with van der Waals surface area (Å²) in [6.07, 6.45) is 1.17. The van der Waals surface area contributed by atoms with Gasteiger partial charge in [-0.25, -0.2) is 9.37 Å². The lowest BCUT2D eigenvalue weighted by Gasteiger charge is -1.98. The summed E-state index contributed by atoms with van der Waals surface area (Å²) in [5.41, 5.74) is 1.42. The summed E-state index contributed by atoms with van der Waals surface area (Å²) in [7, 11) is 1.79. The monoisotopic (exact) mass is 180 g/mol. The van der Waals surface area contributed by atoms with Gasteiger partial charge < -0.3 is 9.67 Å². The molecule has 2 aromatic heterocycles. The molecule has 3 nitrogen and oxygen atoms in total. The molecule has 0 fully saturated rings. The predicted octanol–water partition coefficient (Wildman–Crippen LogP) is 1.20. The summed E-state index contributed by atoms with van der Waals surface area (Å²) in [6.45, 7) is -0.0610.